The minimum Gasteiger partial charge on any atom is -0.337 e. The number of imidazole rings is 1. The van der Waals surface area contributed by atoms with Crippen LogP contribution in [0.4, 0.5) is 4.79 Å². The minimum absolute atomic E-state index is 0.0507. The number of aryl methyl sites for hydroxylation is 1. The Labute approximate surface area is 102 Å². The van der Waals surface area contributed by atoms with Crippen LogP contribution in [0.1, 0.15) is 6.42 Å². The van der Waals surface area contributed by atoms with Crippen LogP contribution in [0.25, 0.3) is 0 Å². The van der Waals surface area contributed by atoms with Gasteiger partial charge in [0.25, 0.3) is 0 Å². The third-order valence-corrected chi connectivity index (χ3v) is 2.31. The maximum Gasteiger partial charge on any atom is 0.316 e. The van der Waals surface area contributed by atoms with Gasteiger partial charge in [-0.25, -0.2) is 9.78 Å². The Hall–Kier alpha value is -1.56. The van der Waals surface area contributed by atoms with E-state index in [-0.39, 0.29) is 6.03 Å². The lowest BCUT2D eigenvalue weighted by Crippen LogP contribution is -2.38. The van der Waals surface area contributed by atoms with Gasteiger partial charge in [-0.05, 0) is 13.0 Å². The first kappa shape index (κ1) is 13.5. The van der Waals surface area contributed by atoms with Crippen molar-refractivity contribution in [2.75, 3.05) is 33.7 Å². The van der Waals surface area contributed by atoms with Crippen molar-refractivity contribution >= 4 is 6.03 Å². The van der Waals surface area contributed by atoms with Crippen molar-refractivity contribution in [3.63, 3.8) is 0 Å². The number of hydrogen-bond acceptors (Lipinski definition) is 3. The molecule has 1 aromatic heterocycles. The number of carbonyl (C=O) groups is 1. The van der Waals surface area contributed by atoms with Crippen LogP contribution in [0, 0.1) is 0 Å². The van der Waals surface area contributed by atoms with Gasteiger partial charge in [0, 0.05) is 46.1 Å². The predicted octanol–water partition coefficient (Wildman–Crippen LogP) is 0.134. The Morgan fingerprint density at radius 2 is 2.18 bits per heavy atom. The first-order chi connectivity index (χ1) is 8.20. The molecule has 1 heterocycles. The molecule has 0 aliphatic carbocycles. The SMILES string of the molecule is CN(C)C(=O)NCCNCCCn1ccnc1. The van der Waals surface area contributed by atoms with Crippen molar-refractivity contribution in [1.82, 2.24) is 25.1 Å². The Balaban J connectivity index is 1.89. The highest BCUT2D eigenvalue weighted by molar-refractivity contribution is 5.73. The fraction of sp³-hybridized carbons (Fsp3) is 0.636. The first-order valence-electron chi connectivity index (χ1n) is 5.82. The molecule has 0 aliphatic rings. The average Bonchev–Trinajstić information content (AvgIpc) is 2.80. The summed E-state index contributed by atoms with van der Waals surface area (Å²) in [6.45, 7) is 3.36. The van der Waals surface area contributed by atoms with Crippen molar-refractivity contribution in [3.8, 4) is 0 Å². The van der Waals surface area contributed by atoms with Crippen LogP contribution >= 0.6 is 0 Å². The lowest BCUT2D eigenvalue weighted by molar-refractivity contribution is 0.217. The number of nitrogens with zero attached hydrogens (tertiary/aromatic N) is 3. The zero-order chi connectivity index (χ0) is 12.5. The lowest BCUT2D eigenvalue weighted by atomic mass is 10.4. The van der Waals surface area contributed by atoms with Crippen LogP contribution in [0.15, 0.2) is 18.7 Å². The number of aromatic nitrogens is 2. The van der Waals surface area contributed by atoms with Crippen LogP contribution < -0.4 is 10.6 Å². The molecule has 0 bridgehead atoms. The molecule has 0 unspecified atom stereocenters. The van der Waals surface area contributed by atoms with Crippen molar-refractivity contribution in [2.45, 2.75) is 13.0 Å². The number of rotatable bonds is 7. The predicted molar refractivity (Wildman–Crippen MR) is 66.8 cm³/mol. The molecule has 1 rings (SSSR count). The van der Waals surface area contributed by atoms with E-state index < -0.39 is 0 Å². The highest BCUT2D eigenvalue weighted by Gasteiger charge is 1.99. The van der Waals surface area contributed by atoms with Gasteiger partial charge < -0.3 is 20.1 Å². The number of hydrogen-bond donors (Lipinski definition) is 2. The van der Waals surface area contributed by atoms with Crippen LogP contribution in [0.3, 0.4) is 0 Å². The van der Waals surface area contributed by atoms with E-state index in [9.17, 15) is 4.79 Å². The van der Waals surface area contributed by atoms with E-state index in [0.717, 1.165) is 26.1 Å². The van der Waals surface area contributed by atoms with Crippen LogP contribution in [-0.2, 0) is 6.54 Å². The molecule has 0 saturated heterocycles. The van der Waals surface area contributed by atoms with Crippen molar-refractivity contribution in [1.29, 1.82) is 0 Å². The average molecular weight is 239 g/mol. The molecule has 6 heteroatoms. The number of carbonyl (C=O) groups excluding carboxylic acids is 1. The molecule has 2 amide bonds. The summed E-state index contributed by atoms with van der Waals surface area (Å²) in [5, 5.41) is 6.07. The Morgan fingerprint density at radius 3 is 2.82 bits per heavy atom. The van der Waals surface area contributed by atoms with Crippen molar-refractivity contribution < 1.29 is 4.79 Å². The third-order valence-electron chi connectivity index (χ3n) is 2.31. The molecular formula is C11H21N5O. The normalized spacial score (nSPS) is 10.2. The summed E-state index contributed by atoms with van der Waals surface area (Å²) in [7, 11) is 3.46. The van der Waals surface area contributed by atoms with E-state index in [1.165, 1.54) is 4.90 Å². The Morgan fingerprint density at radius 1 is 1.35 bits per heavy atom. The molecule has 0 aliphatic heterocycles. The van der Waals surface area contributed by atoms with Gasteiger partial charge >= 0.3 is 6.03 Å². The Kier molecular flexibility index (Phi) is 6.09. The van der Waals surface area contributed by atoms with Gasteiger partial charge in [0.05, 0.1) is 6.33 Å². The maximum atomic E-state index is 11.2. The number of nitrogens with one attached hydrogen (secondary N) is 2. The number of amides is 2. The zero-order valence-electron chi connectivity index (χ0n) is 10.5. The highest BCUT2D eigenvalue weighted by Crippen LogP contribution is 1.88. The van der Waals surface area contributed by atoms with Crippen molar-refractivity contribution in [2.24, 2.45) is 0 Å². The van der Waals surface area contributed by atoms with Gasteiger partial charge in [-0.3, -0.25) is 0 Å². The van der Waals surface area contributed by atoms with E-state index in [2.05, 4.69) is 20.2 Å². The number of urea groups is 1. The van der Waals surface area contributed by atoms with Gasteiger partial charge in [0.2, 0.25) is 0 Å². The standard InChI is InChI=1S/C11H21N5O/c1-15(2)11(17)14-6-5-12-4-3-8-16-9-7-13-10-16/h7,9-10,12H,3-6,8H2,1-2H3,(H,14,17). The second-order valence-corrected chi connectivity index (χ2v) is 4.03. The summed E-state index contributed by atoms with van der Waals surface area (Å²) >= 11 is 0. The van der Waals surface area contributed by atoms with E-state index in [1.54, 1.807) is 20.3 Å². The van der Waals surface area contributed by atoms with E-state index in [0.29, 0.717) is 6.54 Å². The zero-order valence-corrected chi connectivity index (χ0v) is 10.5. The van der Waals surface area contributed by atoms with Crippen LogP contribution in [-0.4, -0.2) is 54.2 Å². The summed E-state index contributed by atoms with van der Waals surface area (Å²) in [6, 6.07) is -0.0507. The quantitative estimate of drug-likeness (QED) is 0.665. The summed E-state index contributed by atoms with van der Waals surface area (Å²) in [5.74, 6) is 0. The van der Waals surface area contributed by atoms with Gasteiger partial charge in [-0.2, -0.15) is 0 Å². The molecule has 0 fully saturated rings. The second kappa shape index (κ2) is 7.67. The summed E-state index contributed by atoms with van der Waals surface area (Å²) in [4.78, 5) is 16.7. The van der Waals surface area contributed by atoms with Crippen molar-refractivity contribution in [3.05, 3.63) is 18.7 Å². The monoisotopic (exact) mass is 239 g/mol. The fourth-order valence-corrected chi connectivity index (χ4v) is 1.35. The minimum atomic E-state index is -0.0507. The molecule has 0 radical (unpaired) electrons. The maximum absolute atomic E-state index is 11.2. The highest BCUT2D eigenvalue weighted by atomic mass is 16.2. The molecule has 0 spiro atoms. The Bertz CT molecular complexity index is 310. The summed E-state index contributed by atoms with van der Waals surface area (Å²) in [5.41, 5.74) is 0. The molecule has 96 valence electrons. The van der Waals surface area contributed by atoms with Gasteiger partial charge in [-0.1, -0.05) is 0 Å². The summed E-state index contributed by atoms with van der Waals surface area (Å²) in [6.07, 6.45) is 6.61. The molecule has 0 aromatic carbocycles. The molecule has 0 saturated carbocycles. The fourth-order valence-electron chi connectivity index (χ4n) is 1.35. The molecule has 17 heavy (non-hydrogen) atoms. The van der Waals surface area contributed by atoms with Gasteiger partial charge in [-0.15, -0.1) is 0 Å². The van der Waals surface area contributed by atoms with Gasteiger partial charge in [0.15, 0.2) is 0 Å². The van der Waals surface area contributed by atoms with Gasteiger partial charge in [0.1, 0.15) is 0 Å². The third kappa shape index (κ3) is 5.91. The molecule has 2 N–H and O–H groups in total. The molecule has 1 aromatic rings. The molecule has 6 nitrogen and oxygen atoms in total. The lowest BCUT2D eigenvalue weighted by Gasteiger charge is -2.12. The van der Waals surface area contributed by atoms with E-state index in [4.69, 9.17) is 0 Å². The van der Waals surface area contributed by atoms with Crippen LogP contribution in [0.5, 0.6) is 0 Å². The second-order valence-electron chi connectivity index (χ2n) is 4.03. The summed E-state index contributed by atoms with van der Waals surface area (Å²) < 4.78 is 2.05. The molecule has 0 atom stereocenters. The topological polar surface area (TPSA) is 62.2 Å². The molecular weight excluding hydrogens is 218 g/mol. The first-order valence-corrected chi connectivity index (χ1v) is 5.82. The van der Waals surface area contributed by atoms with Crippen LogP contribution in [0.2, 0.25) is 0 Å². The largest absolute Gasteiger partial charge is 0.337 e. The van der Waals surface area contributed by atoms with E-state index >= 15 is 0 Å². The van der Waals surface area contributed by atoms with E-state index in [1.807, 2.05) is 12.5 Å². The smallest absolute Gasteiger partial charge is 0.316 e.